The monoisotopic (exact) mass is 213 g/mol. The standard InChI is InChI=1S/C6H7ClF3N3/c1-13-2-12-5(7)3(13)4(11)6(8,9)10/h2,4H,11H2,1H3. The Balaban J connectivity index is 3.08. The van der Waals surface area contributed by atoms with Crippen LogP contribution in [-0.2, 0) is 7.05 Å². The molecule has 13 heavy (non-hydrogen) atoms. The van der Waals surface area contributed by atoms with E-state index < -0.39 is 12.2 Å². The maximum absolute atomic E-state index is 12.1. The minimum Gasteiger partial charge on any atom is -0.335 e. The second-order valence-electron chi connectivity index (χ2n) is 2.55. The Hall–Kier alpha value is -0.750. The zero-order chi connectivity index (χ0) is 10.2. The van der Waals surface area contributed by atoms with Gasteiger partial charge in [0.05, 0.1) is 12.0 Å². The molecule has 0 saturated carbocycles. The molecule has 7 heteroatoms. The van der Waals surface area contributed by atoms with E-state index in [2.05, 4.69) is 4.98 Å². The zero-order valence-electron chi connectivity index (χ0n) is 6.64. The summed E-state index contributed by atoms with van der Waals surface area (Å²) in [5.74, 6) is 0. The van der Waals surface area contributed by atoms with Gasteiger partial charge in [-0.25, -0.2) is 4.98 Å². The number of halogens is 4. The first kappa shape index (κ1) is 10.3. The highest BCUT2D eigenvalue weighted by molar-refractivity contribution is 6.30. The summed E-state index contributed by atoms with van der Waals surface area (Å²) in [7, 11) is 1.40. The first-order valence-electron chi connectivity index (χ1n) is 3.33. The van der Waals surface area contributed by atoms with Crippen LogP contribution in [0.3, 0.4) is 0 Å². The van der Waals surface area contributed by atoms with E-state index in [4.69, 9.17) is 17.3 Å². The first-order valence-corrected chi connectivity index (χ1v) is 3.71. The summed E-state index contributed by atoms with van der Waals surface area (Å²) in [6.45, 7) is 0. The molecular formula is C6H7ClF3N3. The van der Waals surface area contributed by atoms with Gasteiger partial charge in [-0.05, 0) is 0 Å². The number of hydrogen-bond acceptors (Lipinski definition) is 2. The molecule has 0 radical (unpaired) electrons. The largest absolute Gasteiger partial charge is 0.409 e. The topological polar surface area (TPSA) is 43.8 Å². The van der Waals surface area contributed by atoms with Gasteiger partial charge in [0.15, 0.2) is 5.15 Å². The van der Waals surface area contributed by atoms with Gasteiger partial charge in [-0.15, -0.1) is 0 Å². The Morgan fingerprint density at radius 1 is 1.62 bits per heavy atom. The van der Waals surface area contributed by atoms with Crippen molar-refractivity contribution in [3.8, 4) is 0 Å². The SMILES string of the molecule is Cn1cnc(Cl)c1C(N)C(F)(F)F. The molecule has 74 valence electrons. The molecule has 1 rings (SSSR count). The van der Waals surface area contributed by atoms with Crippen LogP contribution in [-0.4, -0.2) is 15.7 Å². The Bertz CT molecular complexity index is 287. The number of alkyl halides is 3. The van der Waals surface area contributed by atoms with Crippen molar-refractivity contribution in [3.63, 3.8) is 0 Å². The van der Waals surface area contributed by atoms with Crippen molar-refractivity contribution in [1.29, 1.82) is 0 Å². The maximum Gasteiger partial charge on any atom is 0.409 e. The summed E-state index contributed by atoms with van der Waals surface area (Å²) in [6, 6.07) is -2.09. The average molecular weight is 214 g/mol. The lowest BCUT2D eigenvalue weighted by Crippen LogP contribution is -2.30. The minimum atomic E-state index is -4.50. The molecule has 0 spiro atoms. The molecule has 0 aromatic carbocycles. The van der Waals surface area contributed by atoms with Crippen LogP contribution in [0, 0.1) is 0 Å². The summed E-state index contributed by atoms with van der Waals surface area (Å²) in [6.07, 6.45) is -3.32. The predicted molar refractivity (Wildman–Crippen MR) is 41.2 cm³/mol. The van der Waals surface area contributed by atoms with Gasteiger partial charge in [-0.1, -0.05) is 11.6 Å². The Morgan fingerprint density at radius 3 is 2.46 bits per heavy atom. The molecule has 0 amide bonds. The highest BCUT2D eigenvalue weighted by Gasteiger charge is 2.40. The quantitative estimate of drug-likeness (QED) is 0.771. The van der Waals surface area contributed by atoms with Crippen LogP contribution >= 0.6 is 11.6 Å². The van der Waals surface area contributed by atoms with Gasteiger partial charge in [0.2, 0.25) is 0 Å². The number of rotatable bonds is 1. The van der Waals surface area contributed by atoms with E-state index >= 15 is 0 Å². The summed E-state index contributed by atoms with van der Waals surface area (Å²) >= 11 is 5.43. The van der Waals surface area contributed by atoms with Crippen LogP contribution in [0.2, 0.25) is 5.15 Å². The summed E-state index contributed by atoms with van der Waals surface area (Å²) in [5.41, 5.74) is 4.72. The minimum absolute atomic E-state index is 0.215. The molecule has 2 N–H and O–H groups in total. The molecular weight excluding hydrogens is 207 g/mol. The second kappa shape index (κ2) is 3.19. The number of nitrogens with zero attached hydrogens (tertiary/aromatic N) is 2. The molecule has 0 aliphatic heterocycles. The highest BCUT2D eigenvalue weighted by Crippen LogP contribution is 2.33. The van der Waals surface area contributed by atoms with Crippen molar-refractivity contribution in [3.05, 3.63) is 17.2 Å². The summed E-state index contributed by atoms with van der Waals surface area (Å²) < 4.78 is 37.6. The predicted octanol–water partition coefficient (Wildman–Crippen LogP) is 1.64. The Labute approximate surface area is 77.3 Å². The van der Waals surface area contributed by atoms with Gasteiger partial charge in [0.25, 0.3) is 0 Å². The van der Waals surface area contributed by atoms with E-state index in [-0.39, 0.29) is 10.8 Å². The maximum atomic E-state index is 12.1. The van der Waals surface area contributed by atoms with E-state index in [1.807, 2.05) is 0 Å². The van der Waals surface area contributed by atoms with E-state index in [1.165, 1.54) is 13.4 Å². The van der Waals surface area contributed by atoms with Crippen LogP contribution < -0.4 is 5.73 Å². The fraction of sp³-hybridized carbons (Fsp3) is 0.500. The molecule has 3 nitrogen and oxygen atoms in total. The smallest absolute Gasteiger partial charge is 0.335 e. The summed E-state index contributed by atoms with van der Waals surface area (Å²) in [5, 5.41) is -0.215. The Kier molecular flexibility index (Phi) is 2.53. The molecule has 1 aromatic rings. The molecule has 1 aromatic heterocycles. The fourth-order valence-corrected chi connectivity index (χ4v) is 1.21. The van der Waals surface area contributed by atoms with E-state index in [0.717, 1.165) is 4.57 Å². The Morgan fingerprint density at radius 2 is 2.15 bits per heavy atom. The lowest BCUT2D eigenvalue weighted by atomic mass is 10.2. The number of nitrogens with two attached hydrogens (primary N) is 1. The number of hydrogen-bond donors (Lipinski definition) is 1. The van der Waals surface area contributed by atoms with Crippen LogP contribution in [0.15, 0.2) is 6.33 Å². The van der Waals surface area contributed by atoms with Crippen LogP contribution in [0.25, 0.3) is 0 Å². The highest BCUT2D eigenvalue weighted by atomic mass is 35.5. The zero-order valence-corrected chi connectivity index (χ0v) is 7.39. The van der Waals surface area contributed by atoms with Crippen molar-refractivity contribution >= 4 is 11.6 Å². The second-order valence-corrected chi connectivity index (χ2v) is 2.91. The normalized spacial score (nSPS) is 14.6. The third-order valence-electron chi connectivity index (χ3n) is 1.58. The van der Waals surface area contributed by atoms with Gasteiger partial charge in [0.1, 0.15) is 6.04 Å². The lowest BCUT2D eigenvalue weighted by Gasteiger charge is -2.16. The van der Waals surface area contributed by atoms with E-state index in [1.54, 1.807) is 0 Å². The molecule has 1 heterocycles. The van der Waals surface area contributed by atoms with Crippen LogP contribution in [0.5, 0.6) is 0 Å². The van der Waals surface area contributed by atoms with Crippen molar-refractivity contribution in [2.24, 2.45) is 12.8 Å². The average Bonchev–Trinajstić information content (AvgIpc) is 2.28. The van der Waals surface area contributed by atoms with Crippen molar-refractivity contribution < 1.29 is 13.2 Å². The van der Waals surface area contributed by atoms with Gasteiger partial charge >= 0.3 is 6.18 Å². The molecule has 1 atom stereocenters. The molecule has 0 bridgehead atoms. The number of aryl methyl sites for hydroxylation is 1. The fourth-order valence-electron chi connectivity index (χ4n) is 0.914. The van der Waals surface area contributed by atoms with Crippen molar-refractivity contribution in [1.82, 2.24) is 9.55 Å². The van der Waals surface area contributed by atoms with Crippen LogP contribution in [0.4, 0.5) is 13.2 Å². The van der Waals surface area contributed by atoms with Crippen molar-refractivity contribution in [2.45, 2.75) is 12.2 Å². The van der Waals surface area contributed by atoms with Gasteiger partial charge in [-0.3, -0.25) is 0 Å². The number of aromatic nitrogens is 2. The molecule has 1 unspecified atom stereocenters. The number of imidazole rings is 1. The third-order valence-corrected chi connectivity index (χ3v) is 1.87. The first-order chi connectivity index (χ1) is 5.84. The molecule has 0 saturated heterocycles. The summed E-state index contributed by atoms with van der Waals surface area (Å²) in [4.78, 5) is 3.50. The van der Waals surface area contributed by atoms with Gasteiger partial charge < -0.3 is 10.3 Å². The van der Waals surface area contributed by atoms with Crippen LogP contribution in [0.1, 0.15) is 11.7 Å². The van der Waals surface area contributed by atoms with E-state index in [0.29, 0.717) is 0 Å². The third kappa shape index (κ3) is 1.94. The molecule has 0 fully saturated rings. The van der Waals surface area contributed by atoms with E-state index in [9.17, 15) is 13.2 Å². The van der Waals surface area contributed by atoms with Gasteiger partial charge in [-0.2, -0.15) is 13.2 Å². The van der Waals surface area contributed by atoms with Gasteiger partial charge in [0, 0.05) is 7.05 Å². The van der Waals surface area contributed by atoms with Crippen molar-refractivity contribution in [2.75, 3.05) is 0 Å². The molecule has 0 aliphatic carbocycles. The lowest BCUT2D eigenvalue weighted by molar-refractivity contribution is -0.150. The molecule has 0 aliphatic rings.